The number of aryl methyl sites for hydroxylation is 1. The highest BCUT2D eigenvalue weighted by molar-refractivity contribution is 7.89. The summed E-state index contributed by atoms with van der Waals surface area (Å²) >= 11 is 5.95. The molecule has 0 aliphatic heterocycles. The van der Waals surface area contributed by atoms with Crippen LogP contribution in [0.15, 0.2) is 29.1 Å². The van der Waals surface area contributed by atoms with Crippen LogP contribution in [-0.4, -0.2) is 47.6 Å². The summed E-state index contributed by atoms with van der Waals surface area (Å²) in [6, 6.07) is 5.97. The summed E-state index contributed by atoms with van der Waals surface area (Å²) in [6.45, 7) is 3.86. The average molecular weight is 569 g/mol. The highest BCUT2D eigenvalue weighted by Gasteiger charge is 2.44. The van der Waals surface area contributed by atoms with Crippen molar-refractivity contribution in [2.45, 2.75) is 38.7 Å². The maximum absolute atomic E-state index is 13.2. The van der Waals surface area contributed by atoms with Gasteiger partial charge in [-0.1, -0.05) is 17.7 Å². The number of fused-ring (bicyclic) bond motifs is 1. The maximum atomic E-state index is 13.2. The highest BCUT2D eigenvalue weighted by atomic mass is 35.5. The molecule has 1 amide bonds. The molecular formula is C24H27ClF2N6O4S. The Bertz CT molecular complexity index is 1590. The molecule has 1 saturated carbocycles. The van der Waals surface area contributed by atoms with Gasteiger partial charge in [0.05, 0.1) is 28.9 Å². The van der Waals surface area contributed by atoms with Gasteiger partial charge in [-0.2, -0.15) is 0 Å². The molecule has 1 atom stereocenters. The highest BCUT2D eigenvalue weighted by Crippen LogP contribution is 2.42. The van der Waals surface area contributed by atoms with Gasteiger partial charge in [-0.15, -0.1) is 0 Å². The van der Waals surface area contributed by atoms with Crippen LogP contribution >= 0.6 is 11.6 Å². The first-order chi connectivity index (χ1) is 17.6. The van der Waals surface area contributed by atoms with Crippen molar-refractivity contribution in [2.24, 2.45) is 13.0 Å². The molecule has 14 heteroatoms. The number of pyridine rings is 1. The number of nitrogens with zero attached hydrogens (tertiary/aromatic N) is 3. The molecular weight excluding hydrogens is 542 g/mol. The predicted octanol–water partition coefficient (Wildman–Crippen LogP) is 3.61. The minimum absolute atomic E-state index is 0.00651. The van der Waals surface area contributed by atoms with Gasteiger partial charge in [-0.3, -0.25) is 14.2 Å². The topological polar surface area (TPSA) is 135 Å². The largest absolute Gasteiger partial charge is 0.377 e. The van der Waals surface area contributed by atoms with Crippen molar-refractivity contribution in [2.75, 3.05) is 23.4 Å². The van der Waals surface area contributed by atoms with Crippen molar-refractivity contribution in [3.63, 3.8) is 0 Å². The molecule has 10 nitrogen and oxygen atoms in total. The number of anilines is 2. The van der Waals surface area contributed by atoms with E-state index in [2.05, 4.69) is 20.6 Å². The maximum Gasteiger partial charge on any atom is 0.285 e. The number of amides is 1. The number of sulfonamides is 1. The van der Waals surface area contributed by atoms with Gasteiger partial charge < -0.3 is 10.6 Å². The second kappa shape index (κ2) is 10.1. The number of benzene rings is 1. The second-order valence-corrected chi connectivity index (χ2v) is 11.8. The molecule has 0 radical (unpaired) electrons. The summed E-state index contributed by atoms with van der Waals surface area (Å²) in [4.78, 5) is 34.4. The Morgan fingerprint density at radius 2 is 1.95 bits per heavy atom. The van der Waals surface area contributed by atoms with Gasteiger partial charge in [-0.05, 0) is 43.5 Å². The lowest BCUT2D eigenvalue weighted by molar-refractivity contribution is -0.106. The van der Waals surface area contributed by atoms with Gasteiger partial charge in [0.2, 0.25) is 21.9 Å². The molecule has 1 aliphatic rings. The molecule has 3 aromatic rings. The molecule has 38 heavy (non-hydrogen) atoms. The summed E-state index contributed by atoms with van der Waals surface area (Å²) in [5.74, 6) is -3.58. The molecule has 204 valence electrons. The summed E-state index contributed by atoms with van der Waals surface area (Å²) in [7, 11) is -2.29. The van der Waals surface area contributed by atoms with Crippen LogP contribution in [0.3, 0.4) is 0 Å². The predicted molar refractivity (Wildman–Crippen MR) is 141 cm³/mol. The van der Waals surface area contributed by atoms with Gasteiger partial charge in [0, 0.05) is 32.0 Å². The van der Waals surface area contributed by atoms with E-state index in [1.807, 2.05) is 17.7 Å². The summed E-state index contributed by atoms with van der Waals surface area (Å²) in [5, 5.41) is 6.53. The lowest BCUT2D eigenvalue weighted by Gasteiger charge is -2.35. The standard InChI is InChI=1S/C24H27ClF2N6O4S/c1-12-7-15(13(2)29-17-5-6-18(25)30-20(17)21(34)32-38(4,36)37)19-16(8-12)22(35)33(3)23(31-19)28-11-14-9-24(26,27)10-14/h5-8,13-14,29H,9-11H2,1-4H3,(H,28,31)(H,32,34)/t13-/m1/s1. The van der Waals surface area contributed by atoms with Crippen LogP contribution in [0.5, 0.6) is 0 Å². The molecule has 3 N–H and O–H groups in total. The van der Waals surface area contributed by atoms with E-state index < -0.39 is 27.9 Å². The van der Waals surface area contributed by atoms with E-state index >= 15 is 0 Å². The number of rotatable bonds is 8. The zero-order valence-electron chi connectivity index (χ0n) is 21.1. The van der Waals surface area contributed by atoms with Crippen LogP contribution < -0.4 is 20.9 Å². The summed E-state index contributed by atoms with van der Waals surface area (Å²) < 4.78 is 52.9. The van der Waals surface area contributed by atoms with Crippen molar-refractivity contribution in [1.29, 1.82) is 0 Å². The minimum atomic E-state index is -3.85. The monoisotopic (exact) mass is 568 g/mol. The zero-order chi connectivity index (χ0) is 28.0. The summed E-state index contributed by atoms with van der Waals surface area (Å²) in [5.41, 5.74) is 1.49. The third kappa shape index (κ3) is 6.04. The first-order valence-corrected chi connectivity index (χ1v) is 14.0. The molecule has 2 heterocycles. The van der Waals surface area contributed by atoms with E-state index in [1.54, 1.807) is 20.0 Å². The van der Waals surface area contributed by atoms with E-state index in [1.165, 1.54) is 16.7 Å². The quantitative estimate of drug-likeness (QED) is 0.351. The average Bonchev–Trinajstić information content (AvgIpc) is 2.79. The van der Waals surface area contributed by atoms with Gasteiger partial charge in [-0.25, -0.2) is 31.9 Å². The van der Waals surface area contributed by atoms with E-state index in [9.17, 15) is 26.8 Å². The molecule has 1 aromatic carbocycles. The Balaban J connectivity index is 1.69. The summed E-state index contributed by atoms with van der Waals surface area (Å²) in [6.07, 6.45) is 0.424. The molecule has 0 bridgehead atoms. The van der Waals surface area contributed by atoms with Crippen molar-refractivity contribution in [1.82, 2.24) is 19.3 Å². The lowest BCUT2D eigenvalue weighted by atomic mass is 9.81. The second-order valence-electron chi connectivity index (χ2n) is 9.66. The van der Waals surface area contributed by atoms with Crippen LogP contribution in [0.1, 0.15) is 47.4 Å². The third-order valence-electron chi connectivity index (χ3n) is 6.27. The van der Waals surface area contributed by atoms with Crippen molar-refractivity contribution < 1.29 is 22.0 Å². The number of alkyl halides is 2. The van der Waals surface area contributed by atoms with E-state index in [-0.39, 0.29) is 53.3 Å². The molecule has 4 rings (SSSR count). The van der Waals surface area contributed by atoms with E-state index in [4.69, 9.17) is 11.6 Å². The van der Waals surface area contributed by atoms with Gasteiger partial charge in [0.25, 0.3) is 11.5 Å². The Morgan fingerprint density at radius 1 is 1.26 bits per heavy atom. The van der Waals surface area contributed by atoms with Crippen LogP contribution in [0.4, 0.5) is 20.4 Å². The first kappa shape index (κ1) is 27.7. The smallest absolute Gasteiger partial charge is 0.285 e. The van der Waals surface area contributed by atoms with Crippen molar-refractivity contribution >= 4 is 50.1 Å². The number of carbonyl (C=O) groups excluding carboxylic acids is 1. The van der Waals surface area contributed by atoms with Crippen LogP contribution in [-0.2, 0) is 17.1 Å². The number of hydrogen-bond donors (Lipinski definition) is 3. The Morgan fingerprint density at radius 3 is 2.58 bits per heavy atom. The fourth-order valence-electron chi connectivity index (χ4n) is 4.46. The molecule has 0 saturated heterocycles. The lowest BCUT2D eigenvalue weighted by Crippen LogP contribution is -2.39. The molecule has 1 aliphatic carbocycles. The van der Waals surface area contributed by atoms with Gasteiger partial charge in [0.1, 0.15) is 5.15 Å². The first-order valence-electron chi connectivity index (χ1n) is 11.7. The van der Waals surface area contributed by atoms with Crippen LogP contribution in [0.25, 0.3) is 10.9 Å². The fraction of sp³-hybridized carbons (Fsp3) is 0.417. The van der Waals surface area contributed by atoms with Crippen molar-refractivity contribution in [3.05, 3.63) is 56.6 Å². The SMILES string of the molecule is Cc1cc([C@@H](C)Nc2ccc(Cl)nc2C(=O)NS(C)(=O)=O)c2nc(NCC3CC(F)(F)C3)n(C)c(=O)c2c1. The number of nitrogens with one attached hydrogen (secondary N) is 3. The van der Waals surface area contributed by atoms with Gasteiger partial charge >= 0.3 is 0 Å². The third-order valence-corrected chi connectivity index (χ3v) is 7.04. The Kier molecular flexibility index (Phi) is 7.36. The van der Waals surface area contributed by atoms with Crippen LogP contribution in [0.2, 0.25) is 5.15 Å². The van der Waals surface area contributed by atoms with Gasteiger partial charge in [0.15, 0.2) is 5.69 Å². The number of hydrogen-bond acceptors (Lipinski definition) is 8. The Labute approximate surface area is 222 Å². The van der Waals surface area contributed by atoms with E-state index in [0.717, 1.165) is 11.8 Å². The molecule has 1 fully saturated rings. The molecule has 0 spiro atoms. The zero-order valence-corrected chi connectivity index (χ0v) is 22.7. The normalized spacial score (nSPS) is 16.1. The van der Waals surface area contributed by atoms with Crippen LogP contribution in [0, 0.1) is 12.8 Å². The number of aromatic nitrogens is 3. The molecule has 2 aromatic heterocycles. The number of carbonyl (C=O) groups is 1. The fourth-order valence-corrected chi connectivity index (χ4v) is 5.04. The van der Waals surface area contributed by atoms with E-state index in [0.29, 0.717) is 16.5 Å². The molecule has 0 unspecified atom stereocenters. The number of halogens is 3. The minimum Gasteiger partial charge on any atom is -0.377 e. The Hall–Kier alpha value is -3.32. The van der Waals surface area contributed by atoms with Crippen molar-refractivity contribution in [3.8, 4) is 0 Å².